The summed E-state index contributed by atoms with van der Waals surface area (Å²) in [6.45, 7) is 6.39. The number of hydrogen-bond acceptors (Lipinski definition) is 10. The number of urea groups is 2. The molecule has 4 rings (SSSR count). The molecular formula is C40H56N8O6S2. The SMILES string of the molecule is CC(C)c1nc(CN(C)C(=O)NC(CCNC(=O)N2CCOCC2)C(=O)NC(CCC(Cc2ccccc2)NC(=O)OC/C(S)=C/N)Cc2ccccc2)cs1. The van der Waals surface area contributed by atoms with Crippen LogP contribution in [0.4, 0.5) is 14.4 Å². The number of nitrogens with two attached hydrogens (primary N) is 1. The minimum atomic E-state index is -0.964. The van der Waals surface area contributed by atoms with Crippen LogP contribution >= 0.6 is 24.0 Å². The van der Waals surface area contributed by atoms with E-state index in [2.05, 4.69) is 52.7 Å². The van der Waals surface area contributed by atoms with Gasteiger partial charge in [-0.15, -0.1) is 24.0 Å². The lowest BCUT2D eigenvalue weighted by atomic mass is 9.95. The van der Waals surface area contributed by atoms with Crippen molar-refractivity contribution in [3.8, 4) is 0 Å². The molecule has 0 saturated carbocycles. The highest BCUT2D eigenvalue weighted by molar-refractivity contribution is 7.84. The molecule has 0 radical (unpaired) electrons. The summed E-state index contributed by atoms with van der Waals surface area (Å²) in [4.78, 5) is 61.7. The summed E-state index contributed by atoms with van der Waals surface area (Å²) < 4.78 is 10.7. The number of alkyl carbamates (subject to hydrolysis) is 1. The first kappa shape index (κ1) is 43.9. The molecule has 0 spiro atoms. The fourth-order valence-electron chi connectivity index (χ4n) is 6.05. The zero-order valence-corrected chi connectivity index (χ0v) is 34.2. The number of aromatic nitrogens is 1. The highest BCUT2D eigenvalue weighted by Crippen LogP contribution is 2.20. The second-order valence-electron chi connectivity index (χ2n) is 14.0. The minimum Gasteiger partial charge on any atom is -0.444 e. The number of rotatable bonds is 19. The molecule has 16 heteroatoms. The first-order valence-electron chi connectivity index (χ1n) is 19.0. The molecule has 3 unspecified atom stereocenters. The van der Waals surface area contributed by atoms with Crippen molar-refractivity contribution in [1.82, 2.24) is 36.1 Å². The van der Waals surface area contributed by atoms with Gasteiger partial charge in [-0.1, -0.05) is 74.5 Å². The van der Waals surface area contributed by atoms with Crippen molar-refractivity contribution in [2.24, 2.45) is 5.73 Å². The molecular weight excluding hydrogens is 753 g/mol. The van der Waals surface area contributed by atoms with Gasteiger partial charge in [-0.05, 0) is 43.2 Å². The van der Waals surface area contributed by atoms with Crippen LogP contribution in [0.1, 0.15) is 60.9 Å². The summed E-state index contributed by atoms with van der Waals surface area (Å²) in [7, 11) is 1.66. The largest absolute Gasteiger partial charge is 0.444 e. The number of nitrogens with zero attached hydrogens (tertiary/aromatic N) is 3. The molecule has 1 fully saturated rings. The summed E-state index contributed by atoms with van der Waals surface area (Å²) in [6.07, 6.45) is 2.86. The number of benzene rings is 2. The Balaban J connectivity index is 1.49. The van der Waals surface area contributed by atoms with Gasteiger partial charge in [0.2, 0.25) is 5.91 Å². The Morgan fingerprint density at radius 2 is 1.55 bits per heavy atom. The second kappa shape index (κ2) is 23.3. The average molecular weight is 809 g/mol. The van der Waals surface area contributed by atoms with Gasteiger partial charge in [0.05, 0.1) is 30.5 Å². The van der Waals surface area contributed by atoms with Gasteiger partial charge in [0, 0.05) is 61.2 Å². The molecule has 1 aromatic heterocycles. The van der Waals surface area contributed by atoms with Crippen LogP contribution in [0.15, 0.2) is 77.1 Å². The van der Waals surface area contributed by atoms with E-state index in [1.165, 1.54) is 11.1 Å². The van der Waals surface area contributed by atoms with Gasteiger partial charge in [-0.3, -0.25) is 4.79 Å². The molecule has 1 aliphatic heterocycles. The lowest BCUT2D eigenvalue weighted by Crippen LogP contribution is -2.54. The lowest BCUT2D eigenvalue weighted by Gasteiger charge is -2.28. The number of amides is 6. The Hall–Kier alpha value is -4.80. The van der Waals surface area contributed by atoms with Crippen LogP contribution in [0, 0.1) is 0 Å². The van der Waals surface area contributed by atoms with E-state index in [0.29, 0.717) is 56.9 Å². The van der Waals surface area contributed by atoms with Crippen molar-refractivity contribution >= 4 is 48.0 Å². The topological polar surface area (TPSA) is 180 Å². The first-order chi connectivity index (χ1) is 27.0. The molecule has 2 aromatic carbocycles. The smallest absolute Gasteiger partial charge is 0.407 e. The number of nitrogens with one attached hydrogen (secondary N) is 4. The number of carbonyl (C=O) groups excluding carboxylic acids is 4. The number of hydrogen-bond donors (Lipinski definition) is 6. The van der Waals surface area contributed by atoms with Crippen LogP contribution < -0.4 is 27.0 Å². The van der Waals surface area contributed by atoms with Crippen molar-refractivity contribution in [3.05, 3.63) is 99.0 Å². The molecule has 1 aliphatic rings. The zero-order valence-electron chi connectivity index (χ0n) is 32.4. The maximum atomic E-state index is 14.2. The van der Waals surface area contributed by atoms with E-state index in [-0.39, 0.29) is 56.1 Å². The Kier molecular flexibility index (Phi) is 18.3. The highest BCUT2D eigenvalue weighted by atomic mass is 32.1. The Labute approximate surface area is 339 Å². The third kappa shape index (κ3) is 15.4. The molecule has 304 valence electrons. The Morgan fingerprint density at radius 3 is 2.12 bits per heavy atom. The van der Waals surface area contributed by atoms with Crippen molar-refractivity contribution < 1.29 is 28.7 Å². The molecule has 14 nitrogen and oxygen atoms in total. The van der Waals surface area contributed by atoms with Gasteiger partial charge < -0.3 is 46.3 Å². The predicted octanol–water partition coefficient (Wildman–Crippen LogP) is 4.78. The summed E-state index contributed by atoms with van der Waals surface area (Å²) >= 11 is 5.74. The number of thiol groups is 1. The minimum absolute atomic E-state index is 0.0614. The third-order valence-electron chi connectivity index (χ3n) is 9.16. The van der Waals surface area contributed by atoms with Gasteiger partial charge in [-0.2, -0.15) is 0 Å². The monoisotopic (exact) mass is 808 g/mol. The fourth-order valence-corrected chi connectivity index (χ4v) is 6.94. The van der Waals surface area contributed by atoms with E-state index in [1.807, 2.05) is 66.0 Å². The van der Waals surface area contributed by atoms with Crippen LogP contribution in [0.5, 0.6) is 0 Å². The van der Waals surface area contributed by atoms with Crippen molar-refractivity contribution in [3.63, 3.8) is 0 Å². The van der Waals surface area contributed by atoms with Crippen molar-refractivity contribution in [2.75, 3.05) is 46.5 Å². The number of ether oxygens (including phenoxy) is 2. The first-order valence-corrected chi connectivity index (χ1v) is 20.3. The Bertz CT molecular complexity index is 1700. The van der Waals surface area contributed by atoms with Gasteiger partial charge in [-0.25, -0.2) is 19.4 Å². The van der Waals surface area contributed by atoms with Crippen LogP contribution in [0.2, 0.25) is 0 Å². The highest BCUT2D eigenvalue weighted by Gasteiger charge is 2.27. The van der Waals surface area contributed by atoms with Crippen LogP contribution in [-0.4, -0.2) is 103 Å². The molecule has 1 saturated heterocycles. The fraction of sp³-hybridized carbons (Fsp3) is 0.475. The normalized spacial score (nSPS) is 14.7. The molecule has 3 aromatic rings. The quantitative estimate of drug-likeness (QED) is 0.0937. The maximum Gasteiger partial charge on any atom is 0.407 e. The van der Waals surface area contributed by atoms with Crippen LogP contribution in [-0.2, 0) is 33.7 Å². The second-order valence-corrected chi connectivity index (χ2v) is 15.5. The number of morpholine rings is 1. The number of carbonyl (C=O) groups is 4. The number of thiazole rings is 1. The summed E-state index contributed by atoms with van der Waals surface area (Å²) in [6, 6.07) is 17.3. The van der Waals surface area contributed by atoms with Gasteiger partial charge in [0.25, 0.3) is 0 Å². The van der Waals surface area contributed by atoms with Crippen LogP contribution in [0.25, 0.3) is 0 Å². The maximum absolute atomic E-state index is 14.2. The lowest BCUT2D eigenvalue weighted by molar-refractivity contribution is -0.123. The van der Waals surface area contributed by atoms with Crippen molar-refractivity contribution in [1.29, 1.82) is 0 Å². The molecule has 2 heterocycles. The molecule has 0 bridgehead atoms. The summed E-state index contributed by atoms with van der Waals surface area (Å²) in [5.41, 5.74) is 8.29. The van der Waals surface area contributed by atoms with Gasteiger partial charge in [0.15, 0.2) is 0 Å². The van der Waals surface area contributed by atoms with E-state index in [9.17, 15) is 19.2 Å². The standard InChI is InChI=1S/C40H56N8O6S2/c1-28(2)37-44-33(27-56-37)25-47(3)39(51)46-35(16-17-42-38(50)48-18-20-53-21-19-48)36(49)43-31(22-29-10-6-4-7-11-29)14-15-32(23-30-12-8-5-9-13-30)45-40(52)54-26-34(55)24-41/h4-13,24,27-28,31-32,35,55H,14-23,25-26,41H2,1-3H3,(H,42,50)(H,43,49)(H,45,52)(H,46,51)/b34-24-. The van der Waals surface area contributed by atoms with E-state index >= 15 is 0 Å². The molecule has 3 atom stereocenters. The van der Waals surface area contributed by atoms with E-state index in [4.69, 9.17) is 15.2 Å². The van der Waals surface area contributed by atoms with Gasteiger partial charge in [0.1, 0.15) is 12.6 Å². The molecule has 0 aliphatic carbocycles. The van der Waals surface area contributed by atoms with Crippen molar-refractivity contribution in [2.45, 2.75) is 76.5 Å². The van der Waals surface area contributed by atoms with Gasteiger partial charge >= 0.3 is 18.2 Å². The van der Waals surface area contributed by atoms with E-state index in [0.717, 1.165) is 21.8 Å². The van der Waals surface area contributed by atoms with Crippen LogP contribution in [0.3, 0.4) is 0 Å². The molecule has 6 amide bonds. The Morgan fingerprint density at radius 1 is 0.946 bits per heavy atom. The molecule has 56 heavy (non-hydrogen) atoms. The van der Waals surface area contributed by atoms with E-state index in [1.54, 1.807) is 23.3 Å². The zero-order chi connectivity index (χ0) is 40.3. The third-order valence-corrected chi connectivity index (χ3v) is 10.6. The molecule has 6 N–H and O–H groups in total. The predicted molar refractivity (Wildman–Crippen MR) is 221 cm³/mol. The van der Waals surface area contributed by atoms with E-state index < -0.39 is 18.2 Å². The summed E-state index contributed by atoms with van der Waals surface area (Å²) in [5, 5.41) is 14.9. The average Bonchev–Trinajstić information content (AvgIpc) is 3.68. The summed E-state index contributed by atoms with van der Waals surface area (Å²) in [5.74, 6) is -0.110.